The molecule has 3 saturated carbocycles. The normalized spacial score (nSPS) is 32.8. The molecule has 0 aromatic rings. The van der Waals surface area contributed by atoms with Gasteiger partial charge in [-0.15, -0.1) is 0 Å². The van der Waals surface area contributed by atoms with Crippen molar-refractivity contribution in [1.82, 2.24) is 4.90 Å². The monoisotopic (exact) mass is 686 g/mol. The molecule has 3 fully saturated rings. The third kappa shape index (κ3) is 9.44. The molecule has 0 amide bonds. The van der Waals surface area contributed by atoms with E-state index in [9.17, 15) is 4.79 Å². The lowest BCUT2D eigenvalue weighted by Gasteiger charge is -2.60. The molecule has 0 heterocycles. The van der Waals surface area contributed by atoms with Crippen molar-refractivity contribution in [2.45, 2.75) is 131 Å². The molecule has 4 rings (SSSR count). The first-order chi connectivity index (χ1) is 23.2. The number of aliphatic imine (C=N–C) groups is 2. The molecular formula is C39H71N7O3. The zero-order valence-electron chi connectivity index (χ0n) is 31.9. The molecule has 280 valence electrons. The Balaban J connectivity index is 1.28. The van der Waals surface area contributed by atoms with Crippen LogP contribution in [-0.2, 0) is 9.47 Å². The molecule has 0 bridgehead atoms. The summed E-state index contributed by atoms with van der Waals surface area (Å²) in [4.78, 5) is 23.2. The Morgan fingerprint density at radius 2 is 1.53 bits per heavy atom. The van der Waals surface area contributed by atoms with Crippen LogP contribution in [0.2, 0.25) is 0 Å². The van der Waals surface area contributed by atoms with Crippen molar-refractivity contribution >= 4 is 18.1 Å². The summed E-state index contributed by atoms with van der Waals surface area (Å²) in [6.45, 7) is 18.6. The molecule has 8 unspecified atom stereocenters. The van der Waals surface area contributed by atoms with Crippen LogP contribution < -0.4 is 22.9 Å². The number of hydrogen-bond donors (Lipinski definition) is 4. The maximum absolute atomic E-state index is 12.8. The van der Waals surface area contributed by atoms with E-state index in [1.54, 1.807) is 0 Å². The average molecular weight is 686 g/mol. The molecule has 0 saturated heterocycles. The van der Waals surface area contributed by atoms with E-state index >= 15 is 0 Å². The number of rotatable bonds is 17. The van der Waals surface area contributed by atoms with Crippen LogP contribution in [0.3, 0.4) is 0 Å². The predicted molar refractivity (Wildman–Crippen MR) is 201 cm³/mol. The molecule has 0 radical (unpaired) electrons. The fraction of sp³-hybridized carbons (Fsp3) is 0.872. The fourth-order valence-electron chi connectivity index (χ4n) is 10.8. The summed E-state index contributed by atoms with van der Waals surface area (Å²) in [7, 11) is 0. The Hall–Kier alpha value is -2.49. The molecule has 0 aromatic heterocycles. The molecule has 0 aromatic carbocycles. The average Bonchev–Trinajstić information content (AvgIpc) is 3.32. The van der Waals surface area contributed by atoms with Gasteiger partial charge in [-0.25, -0.2) is 4.79 Å². The first kappa shape index (κ1) is 39.3. The number of allylic oxidation sites excluding steroid dienone is 1. The van der Waals surface area contributed by atoms with E-state index in [0.717, 1.165) is 74.8 Å². The highest BCUT2D eigenvalue weighted by Gasteiger charge is 2.63. The molecular weight excluding hydrogens is 614 g/mol. The van der Waals surface area contributed by atoms with E-state index in [1.807, 2.05) is 0 Å². The summed E-state index contributed by atoms with van der Waals surface area (Å²) in [5, 5.41) is 0. The fourth-order valence-corrected chi connectivity index (χ4v) is 10.8. The van der Waals surface area contributed by atoms with Crippen LogP contribution in [0.4, 0.5) is 4.79 Å². The molecule has 10 nitrogen and oxygen atoms in total. The zero-order valence-corrected chi connectivity index (χ0v) is 31.9. The molecule has 8 N–H and O–H groups in total. The molecule has 0 aliphatic heterocycles. The molecule has 4 aliphatic rings. The van der Waals surface area contributed by atoms with Crippen molar-refractivity contribution in [1.29, 1.82) is 0 Å². The highest BCUT2D eigenvalue weighted by atomic mass is 16.7. The number of carbonyl (C=O) groups is 1. The topological polar surface area (TPSA) is 168 Å². The Morgan fingerprint density at radius 3 is 2.16 bits per heavy atom. The Morgan fingerprint density at radius 1 is 0.878 bits per heavy atom. The number of nitrogens with two attached hydrogens (primary N) is 4. The summed E-state index contributed by atoms with van der Waals surface area (Å²) in [5.41, 5.74) is 24.5. The molecule has 8 atom stereocenters. The third-order valence-corrected chi connectivity index (χ3v) is 14.0. The first-order valence-corrected chi connectivity index (χ1v) is 19.6. The molecule has 49 heavy (non-hydrogen) atoms. The van der Waals surface area contributed by atoms with E-state index in [2.05, 4.69) is 62.5 Å². The summed E-state index contributed by atoms with van der Waals surface area (Å²) < 4.78 is 11.5. The van der Waals surface area contributed by atoms with Gasteiger partial charge in [0.15, 0.2) is 11.9 Å². The van der Waals surface area contributed by atoms with E-state index in [0.29, 0.717) is 30.5 Å². The smallest absolute Gasteiger partial charge is 0.433 e. The highest BCUT2D eigenvalue weighted by molar-refractivity contribution is 5.75. The van der Waals surface area contributed by atoms with Crippen LogP contribution in [0.25, 0.3) is 0 Å². The minimum absolute atomic E-state index is 0.0910. The molecule has 10 heteroatoms. The van der Waals surface area contributed by atoms with Gasteiger partial charge in [0.05, 0.1) is 0 Å². The van der Waals surface area contributed by atoms with Crippen molar-refractivity contribution in [3.05, 3.63) is 11.6 Å². The minimum Gasteiger partial charge on any atom is -0.433 e. The van der Waals surface area contributed by atoms with E-state index < -0.39 is 6.16 Å². The predicted octanol–water partition coefficient (Wildman–Crippen LogP) is 6.57. The van der Waals surface area contributed by atoms with Gasteiger partial charge in [-0.2, -0.15) is 0 Å². The quantitative estimate of drug-likeness (QED) is 0.0439. The number of nitrogens with zero attached hydrogens (tertiary/aromatic N) is 3. The van der Waals surface area contributed by atoms with Crippen LogP contribution in [0, 0.1) is 45.8 Å². The van der Waals surface area contributed by atoms with E-state index in [1.165, 1.54) is 56.9 Å². The maximum Gasteiger partial charge on any atom is 0.508 e. The van der Waals surface area contributed by atoms with Crippen molar-refractivity contribution in [3.8, 4) is 0 Å². The largest absolute Gasteiger partial charge is 0.508 e. The number of ether oxygens (including phenoxy) is 2. The van der Waals surface area contributed by atoms with Gasteiger partial charge < -0.3 is 32.4 Å². The van der Waals surface area contributed by atoms with Crippen molar-refractivity contribution in [3.63, 3.8) is 0 Å². The summed E-state index contributed by atoms with van der Waals surface area (Å²) in [5.74, 6) is 4.10. The second-order valence-corrected chi connectivity index (χ2v) is 17.1. The van der Waals surface area contributed by atoms with Gasteiger partial charge in [0.1, 0.15) is 12.7 Å². The SMILES string of the molecule is CC(C)CCCC(C)C1(C)CCC2C3CC=C4CC(OC(=O)OCCN(CCCN=C(N)N)CCCN=C(N)N)CCC4(C)C3CCC21C. The van der Waals surface area contributed by atoms with E-state index in [-0.39, 0.29) is 30.0 Å². The number of guanidine groups is 2. The van der Waals surface area contributed by atoms with E-state index in [4.69, 9.17) is 32.4 Å². The summed E-state index contributed by atoms with van der Waals surface area (Å²) in [6.07, 6.45) is 17.0. The highest BCUT2D eigenvalue weighted by Crippen LogP contribution is 2.71. The lowest BCUT2D eigenvalue weighted by Crippen LogP contribution is -2.53. The zero-order chi connectivity index (χ0) is 35.8. The van der Waals surface area contributed by atoms with Crippen LogP contribution in [0.1, 0.15) is 125 Å². The second kappa shape index (κ2) is 17.1. The van der Waals surface area contributed by atoms with Crippen LogP contribution in [0.5, 0.6) is 0 Å². The van der Waals surface area contributed by atoms with Gasteiger partial charge in [0.2, 0.25) is 0 Å². The van der Waals surface area contributed by atoms with Gasteiger partial charge in [0.25, 0.3) is 0 Å². The standard InChI is InChI=1S/C39H71N7O3/c1-27(2)10-7-11-28(3)38(5)18-16-33-31-13-12-29-26-30(14-17-37(29,4)32(31)15-19-39(33,38)6)49-36(47)48-25-24-46(22-8-20-44-34(40)41)23-9-21-45-35(42)43/h12,27-28,30-33H,7-11,13-26H2,1-6H3,(H4,40,41,44)(H4,42,43,45). The minimum atomic E-state index is -0.565. The van der Waals surface area contributed by atoms with Gasteiger partial charge in [0, 0.05) is 39.1 Å². The van der Waals surface area contributed by atoms with Gasteiger partial charge in [-0.05, 0) is 104 Å². The van der Waals surface area contributed by atoms with Gasteiger partial charge in [-0.1, -0.05) is 72.5 Å². The maximum atomic E-state index is 12.8. The lowest BCUT2D eigenvalue weighted by molar-refractivity contribution is -0.0905. The lowest BCUT2D eigenvalue weighted by atomic mass is 9.44. The van der Waals surface area contributed by atoms with Gasteiger partial charge >= 0.3 is 6.16 Å². The number of fused-ring (bicyclic) bond motifs is 5. The Kier molecular flexibility index (Phi) is 13.8. The summed E-state index contributed by atoms with van der Waals surface area (Å²) >= 11 is 0. The van der Waals surface area contributed by atoms with Crippen molar-refractivity contribution in [2.24, 2.45) is 78.8 Å². The third-order valence-electron chi connectivity index (χ3n) is 14.0. The Bertz CT molecular complexity index is 1160. The van der Waals surface area contributed by atoms with Crippen LogP contribution in [0.15, 0.2) is 21.6 Å². The molecule has 0 spiro atoms. The van der Waals surface area contributed by atoms with Crippen LogP contribution in [-0.4, -0.2) is 68.4 Å². The van der Waals surface area contributed by atoms with Gasteiger partial charge in [-0.3, -0.25) is 14.9 Å². The number of hydrogen-bond acceptors (Lipinski definition) is 6. The van der Waals surface area contributed by atoms with Crippen molar-refractivity contribution < 1.29 is 14.3 Å². The summed E-state index contributed by atoms with van der Waals surface area (Å²) in [6, 6.07) is 0. The number of carbonyl (C=O) groups excluding carboxylic acids is 1. The Labute approximate surface area is 297 Å². The molecule has 4 aliphatic carbocycles. The van der Waals surface area contributed by atoms with Crippen molar-refractivity contribution in [2.75, 3.05) is 39.3 Å². The first-order valence-electron chi connectivity index (χ1n) is 19.6. The van der Waals surface area contributed by atoms with Crippen LogP contribution >= 0.6 is 0 Å². The second-order valence-electron chi connectivity index (χ2n) is 17.1.